The first-order valence-corrected chi connectivity index (χ1v) is 24.9. The molecule has 340 valence electrons. The largest absolute Gasteiger partial charge is 0.310 e. The van der Waals surface area contributed by atoms with Crippen molar-refractivity contribution in [1.29, 1.82) is 0 Å². The summed E-state index contributed by atoms with van der Waals surface area (Å²) in [5.74, 6) is 0. The number of anilines is 3. The lowest BCUT2D eigenvalue weighted by Gasteiger charge is -2.38. The van der Waals surface area contributed by atoms with E-state index in [-0.39, 0.29) is 0 Å². The SMILES string of the molecule is C=C1/C=C\C=C/CC(c2ccccc2)(c2ccccc2)c2cc(N(c3cccc(-c4cccc(-c5ccc6c(c5)c5ccccc5n6-c5cccc6ccccc56)c4)c3)c3ccc4ccccc4c3)ccc21. The average molecular weight is 919 g/mol. The van der Waals surface area contributed by atoms with Gasteiger partial charge in [-0.05, 0) is 139 Å². The van der Waals surface area contributed by atoms with Gasteiger partial charge in [-0.3, -0.25) is 0 Å². The topological polar surface area (TPSA) is 8.17 Å². The fraction of sp³-hybridized carbons (Fsp3) is 0.0286. The third-order valence-electron chi connectivity index (χ3n) is 14.9. The summed E-state index contributed by atoms with van der Waals surface area (Å²) < 4.78 is 2.43. The van der Waals surface area contributed by atoms with Crippen LogP contribution in [0.3, 0.4) is 0 Å². The second-order valence-corrected chi connectivity index (χ2v) is 19.0. The molecule has 0 unspecified atom stereocenters. The summed E-state index contributed by atoms with van der Waals surface area (Å²) in [7, 11) is 0. The second kappa shape index (κ2) is 17.9. The molecule has 11 aromatic carbocycles. The van der Waals surface area contributed by atoms with Crippen LogP contribution in [0.2, 0.25) is 0 Å². The zero-order chi connectivity index (χ0) is 48.0. The van der Waals surface area contributed by atoms with Crippen LogP contribution in [0.5, 0.6) is 0 Å². The summed E-state index contributed by atoms with van der Waals surface area (Å²) in [6.07, 6.45) is 9.52. The Morgan fingerprint density at radius 2 is 0.972 bits per heavy atom. The highest BCUT2D eigenvalue weighted by molar-refractivity contribution is 6.12. The second-order valence-electron chi connectivity index (χ2n) is 19.0. The Labute approximate surface area is 421 Å². The molecule has 0 fully saturated rings. The third-order valence-corrected chi connectivity index (χ3v) is 14.9. The van der Waals surface area contributed by atoms with Gasteiger partial charge in [-0.15, -0.1) is 0 Å². The van der Waals surface area contributed by atoms with Crippen LogP contribution in [0.4, 0.5) is 17.1 Å². The zero-order valence-corrected chi connectivity index (χ0v) is 39.9. The molecule has 1 aromatic heterocycles. The van der Waals surface area contributed by atoms with Crippen molar-refractivity contribution in [2.45, 2.75) is 11.8 Å². The van der Waals surface area contributed by atoms with Crippen LogP contribution in [-0.4, -0.2) is 4.57 Å². The lowest BCUT2D eigenvalue weighted by Crippen LogP contribution is -2.30. The van der Waals surface area contributed by atoms with E-state index >= 15 is 0 Å². The van der Waals surface area contributed by atoms with E-state index in [9.17, 15) is 0 Å². The van der Waals surface area contributed by atoms with E-state index in [1.807, 2.05) is 0 Å². The Morgan fingerprint density at radius 3 is 1.76 bits per heavy atom. The minimum atomic E-state index is -0.509. The van der Waals surface area contributed by atoms with Crippen molar-refractivity contribution in [2.24, 2.45) is 0 Å². The van der Waals surface area contributed by atoms with Crippen LogP contribution < -0.4 is 4.90 Å². The molecule has 72 heavy (non-hydrogen) atoms. The molecule has 13 rings (SSSR count). The standard InChI is InChI=1S/C70H50N2/c1-49-20-5-4-16-43-70(57-28-6-2-7-29-57,58-30-8-3-9-31-58)66-48-61(40-41-62(49)66)71(60-39-37-50-21-10-11-23-54(50)45-60)59-32-18-27-55(46-59)52-25-17-26-53(44-52)56-38-42-69-65(47-56)64-34-14-15-35-68(64)72(69)67-36-19-24-51-22-12-13-33-63(51)67/h2-42,44-48H,1,43H2/b16-4-,20-5-. The maximum absolute atomic E-state index is 4.67. The molecule has 0 radical (unpaired) electrons. The van der Waals surface area contributed by atoms with Gasteiger partial charge in [0, 0.05) is 38.6 Å². The van der Waals surface area contributed by atoms with Crippen LogP contribution >= 0.6 is 0 Å². The molecule has 0 aliphatic heterocycles. The summed E-state index contributed by atoms with van der Waals surface area (Å²) in [6, 6.07) is 93.6. The number of benzene rings is 11. The van der Waals surface area contributed by atoms with Crippen LogP contribution in [-0.2, 0) is 5.41 Å². The molecule has 0 spiro atoms. The van der Waals surface area contributed by atoms with E-state index in [1.54, 1.807) is 0 Å². The highest BCUT2D eigenvalue weighted by atomic mass is 15.1. The lowest BCUT2D eigenvalue weighted by molar-refractivity contribution is 0.626. The molecule has 0 saturated heterocycles. The summed E-state index contributed by atoms with van der Waals surface area (Å²) in [5, 5.41) is 7.35. The van der Waals surface area contributed by atoms with Crippen LogP contribution in [0, 0.1) is 0 Å². The van der Waals surface area contributed by atoms with Crippen molar-refractivity contribution < 1.29 is 0 Å². The van der Waals surface area contributed by atoms with Crippen molar-refractivity contribution in [2.75, 3.05) is 4.90 Å². The maximum Gasteiger partial charge on any atom is 0.0541 e. The number of hydrogen-bond acceptors (Lipinski definition) is 1. The van der Waals surface area contributed by atoms with Crippen molar-refractivity contribution in [3.05, 3.63) is 308 Å². The van der Waals surface area contributed by atoms with E-state index in [0.29, 0.717) is 0 Å². The first-order chi connectivity index (χ1) is 35.6. The average Bonchev–Trinajstić information content (AvgIpc) is 3.80. The molecular weight excluding hydrogens is 869 g/mol. The van der Waals surface area contributed by atoms with Gasteiger partial charge in [0.2, 0.25) is 0 Å². The van der Waals surface area contributed by atoms with Gasteiger partial charge in [0.15, 0.2) is 0 Å². The van der Waals surface area contributed by atoms with Crippen LogP contribution in [0.15, 0.2) is 286 Å². The molecule has 12 aromatic rings. The molecular formula is C70H50N2. The molecule has 1 aliphatic rings. The van der Waals surface area contributed by atoms with E-state index in [2.05, 4.69) is 295 Å². The maximum atomic E-state index is 4.67. The molecule has 1 heterocycles. The molecule has 0 N–H and O–H groups in total. The van der Waals surface area contributed by atoms with E-state index in [0.717, 1.165) is 45.7 Å². The predicted octanol–water partition coefficient (Wildman–Crippen LogP) is 18.8. The quantitative estimate of drug-likeness (QED) is 0.147. The summed E-state index contributed by atoms with van der Waals surface area (Å²) in [4.78, 5) is 2.43. The van der Waals surface area contributed by atoms with Gasteiger partial charge in [-0.25, -0.2) is 0 Å². The van der Waals surface area contributed by atoms with Crippen LogP contribution in [0.25, 0.3) is 76.9 Å². The Hall–Kier alpha value is -9.24. The van der Waals surface area contributed by atoms with Gasteiger partial charge in [0.25, 0.3) is 0 Å². The van der Waals surface area contributed by atoms with Crippen molar-refractivity contribution in [3.63, 3.8) is 0 Å². The third kappa shape index (κ3) is 7.36. The summed E-state index contributed by atoms with van der Waals surface area (Å²) >= 11 is 0. The van der Waals surface area contributed by atoms with Gasteiger partial charge in [0.05, 0.1) is 16.7 Å². The molecule has 0 atom stereocenters. The Morgan fingerprint density at radius 1 is 0.389 bits per heavy atom. The Balaban J connectivity index is 0.957. The number of aromatic nitrogens is 1. The van der Waals surface area contributed by atoms with Gasteiger partial charge in [-0.2, -0.15) is 0 Å². The van der Waals surface area contributed by atoms with Crippen molar-refractivity contribution in [1.82, 2.24) is 4.57 Å². The number of para-hydroxylation sites is 1. The Bertz CT molecular complexity index is 4050. The molecule has 2 heteroatoms. The van der Waals surface area contributed by atoms with Gasteiger partial charge in [0.1, 0.15) is 0 Å². The molecule has 2 nitrogen and oxygen atoms in total. The zero-order valence-electron chi connectivity index (χ0n) is 39.9. The summed E-state index contributed by atoms with van der Waals surface area (Å²) in [6.45, 7) is 4.67. The van der Waals surface area contributed by atoms with E-state index in [4.69, 9.17) is 0 Å². The molecule has 0 saturated carbocycles. The van der Waals surface area contributed by atoms with E-state index < -0.39 is 5.41 Å². The number of allylic oxidation sites excluding steroid dienone is 5. The molecule has 0 bridgehead atoms. The number of fused-ring (bicyclic) bond motifs is 6. The fourth-order valence-electron chi connectivity index (χ4n) is 11.4. The molecule has 0 amide bonds. The van der Waals surface area contributed by atoms with Gasteiger partial charge < -0.3 is 9.47 Å². The molecule has 1 aliphatic carbocycles. The summed E-state index contributed by atoms with van der Waals surface area (Å²) in [5.41, 5.74) is 16.8. The lowest BCUT2D eigenvalue weighted by atomic mass is 9.65. The van der Waals surface area contributed by atoms with Crippen LogP contribution in [0.1, 0.15) is 28.7 Å². The smallest absolute Gasteiger partial charge is 0.0541 e. The highest BCUT2D eigenvalue weighted by Gasteiger charge is 2.38. The predicted molar refractivity (Wildman–Crippen MR) is 306 cm³/mol. The first-order valence-electron chi connectivity index (χ1n) is 24.9. The van der Waals surface area contributed by atoms with Crippen molar-refractivity contribution in [3.8, 4) is 27.9 Å². The minimum Gasteiger partial charge on any atom is -0.310 e. The monoisotopic (exact) mass is 918 g/mol. The number of nitrogens with zero attached hydrogens (tertiary/aromatic N) is 2. The Kier molecular flexibility index (Phi) is 10.7. The fourth-order valence-corrected chi connectivity index (χ4v) is 11.4. The number of rotatable bonds is 8. The van der Waals surface area contributed by atoms with Crippen molar-refractivity contribution >= 4 is 66.0 Å². The van der Waals surface area contributed by atoms with Gasteiger partial charge >= 0.3 is 0 Å². The first kappa shape index (κ1) is 42.8. The van der Waals surface area contributed by atoms with Gasteiger partial charge in [-0.1, -0.05) is 219 Å². The van der Waals surface area contributed by atoms with E-state index in [1.165, 1.54) is 76.9 Å². The highest BCUT2D eigenvalue weighted by Crippen LogP contribution is 2.49. The minimum absolute atomic E-state index is 0.509. The normalized spacial score (nSPS) is 14.1. The number of hydrogen-bond donors (Lipinski definition) is 0.